The Bertz CT molecular complexity index is 149. The largest absolute Gasteiger partial charge is 0.396 e. The predicted octanol–water partition coefficient (Wildman–Crippen LogP) is 2.20. The summed E-state index contributed by atoms with van der Waals surface area (Å²) in [6.07, 6.45) is 6.87. The Kier molecular flexibility index (Phi) is 1.71. The van der Waals surface area contributed by atoms with E-state index < -0.39 is 0 Å². The van der Waals surface area contributed by atoms with Gasteiger partial charge in [0.15, 0.2) is 0 Å². The fourth-order valence-electron chi connectivity index (χ4n) is 2.68. The average Bonchev–Trinajstić information content (AvgIpc) is 2.77. The second-order valence-corrected chi connectivity index (χ2v) is 4.59. The van der Waals surface area contributed by atoms with Crippen molar-refractivity contribution in [3.8, 4) is 0 Å². The third kappa shape index (κ3) is 1.20. The highest BCUT2D eigenvalue weighted by Crippen LogP contribution is 2.60. The molecule has 2 saturated carbocycles. The SMILES string of the molecule is CC1C[C@H](CO)CCC12CC2. The number of aliphatic hydroxyl groups excluding tert-OH is 1. The second kappa shape index (κ2) is 2.48. The van der Waals surface area contributed by atoms with Gasteiger partial charge in [-0.25, -0.2) is 0 Å². The van der Waals surface area contributed by atoms with Crippen molar-refractivity contribution in [2.75, 3.05) is 6.61 Å². The Morgan fingerprint density at radius 3 is 2.55 bits per heavy atom. The lowest BCUT2D eigenvalue weighted by molar-refractivity contribution is 0.117. The Morgan fingerprint density at radius 1 is 1.36 bits per heavy atom. The van der Waals surface area contributed by atoms with Gasteiger partial charge in [-0.15, -0.1) is 0 Å². The van der Waals surface area contributed by atoms with Crippen LogP contribution in [0.5, 0.6) is 0 Å². The van der Waals surface area contributed by atoms with Gasteiger partial charge in [-0.2, -0.15) is 0 Å². The molecule has 1 spiro atoms. The Morgan fingerprint density at radius 2 is 2.09 bits per heavy atom. The molecule has 11 heavy (non-hydrogen) atoms. The van der Waals surface area contributed by atoms with Gasteiger partial charge in [0.2, 0.25) is 0 Å². The zero-order chi connectivity index (χ0) is 7.90. The van der Waals surface area contributed by atoms with Crippen LogP contribution in [-0.4, -0.2) is 11.7 Å². The van der Waals surface area contributed by atoms with Crippen molar-refractivity contribution in [1.82, 2.24) is 0 Å². The maximum atomic E-state index is 9.00. The van der Waals surface area contributed by atoms with E-state index in [2.05, 4.69) is 6.92 Å². The third-order valence-corrected chi connectivity index (χ3v) is 3.93. The molecule has 0 bridgehead atoms. The predicted molar refractivity (Wildman–Crippen MR) is 45.3 cm³/mol. The zero-order valence-corrected chi connectivity index (χ0v) is 7.34. The van der Waals surface area contributed by atoms with E-state index in [1.165, 1.54) is 32.1 Å². The molecule has 0 heterocycles. The first-order valence-electron chi connectivity index (χ1n) is 4.88. The van der Waals surface area contributed by atoms with E-state index in [4.69, 9.17) is 5.11 Å². The van der Waals surface area contributed by atoms with E-state index in [0.29, 0.717) is 12.5 Å². The van der Waals surface area contributed by atoms with Gasteiger partial charge in [-0.3, -0.25) is 0 Å². The van der Waals surface area contributed by atoms with Crippen LogP contribution >= 0.6 is 0 Å². The minimum absolute atomic E-state index is 0.417. The van der Waals surface area contributed by atoms with E-state index in [1.54, 1.807) is 0 Å². The van der Waals surface area contributed by atoms with Gasteiger partial charge >= 0.3 is 0 Å². The van der Waals surface area contributed by atoms with E-state index in [-0.39, 0.29) is 0 Å². The summed E-state index contributed by atoms with van der Waals surface area (Å²) in [5.74, 6) is 1.50. The second-order valence-electron chi connectivity index (χ2n) is 4.59. The maximum absolute atomic E-state index is 9.00. The lowest BCUT2D eigenvalue weighted by Gasteiger charge is -2.33. The van der Waals surface area contributed by atoms with Crippen LogP contribution in [0, 0.1) is 17.3 Å². The van der Waals surface area contributed by atoms with Gasteiger partial charge < -0.3 is 5.11 Å². The molecule has 1 nitrogen and oxygen atoms in total. The molecule has 2 aliphatic rings. The van der Waals surface area contributed by atoms with Gasteiger partial charge in [0.05, 0.1) is 0 Å². The molecule has 1 heteroatoms. The monoisotopic (exact) mass is 154 g/mol. The molecule has 0 radical (unpaired) electrons. The summed E-state index contributed by atoms with van der Waals surface area (Å²) in [7, 11) is 0. The quantitative estimate of drug-likeness (QED) is 0.614. The van der Waals surface area contributed by atoms with Crippen molar-refractivity contribution in [3.05, 3.63) is 0 Å². The van der Waals surface area contributed by atoms with Gasteiger partial charge in [-0.1, -0.05) is 6.92 Å². The van der Waals surface area contributed by atoms with Crippen molar-refractivity contribution in [2.45, 2.75) is 39.0 Å². The molecule has 1 unspecified atom stereocenters. The van der Waals surface area contributed by atoms with Crippen LogP contribution < -0.4 is 0 Å². The molecule has 0 aromatic heterocycles. The minimum atomic E-state index is 0.417. The fourth-order valence-corrected chi connectivity index (χ4v) is 2.68. The van der Waals surface area contributed by atoms with Gasteiger partial charge in [-0.05, 0) is 49.4 Å². The maximum Gasteiger partial charge on any atom is 0.0459 e. The molecule has 0 aromatic carbocycles. The molecule has 0 saturated heterocycles. The summed E-state index contributed by atoms with van der Waals surface area (Å²) < 4.78 is 0. The molecular weight excluding hydrogens is 136 g/mol. The molecule has 1 N–H and O–H groups in total. The Hall–Kier alpha value is -0.0400. The van der Waals surface area contributed by atoms with Crippen molar-refractivity contribution >= 4 is 0 Å². The first-order valence-corrected chi connectivity index (χ1v) is 4.88. The molecule has 2 atom stereocenters. The minimum Gasteiger partial charge on any atom is -0.396 e. The normalized spacial score (nSPS) is 40.9. The number of hydrogen-bond donors (Lipinski definition) is 1. The molecular formula is C10H18O. The smallest absolute Gasteiger partial charge is 0.0459 e. The summed E-state index contributed by atoms with van der Waals surface area (Å²) >= 11 is 0. The van der Waals surface area contributed by atoms with Crippen molar-refractivity contribution in [2.24, 2.45) is 17.3 Å². The number of hydrogen-bond acceptors (Lipinski definition) is 1. The standard InChI is InChI=1S/C10H18O/c1-8-6-9(7-11)2-3-10(8)4-5-10/h8-9,11H,2-7H2,1H3/t8?,9-/m1/s1. The molecule has 0 aromatic rings. The average molecular weight is 154 g/mol. The van der Waals surface area contributed by atoms with Crippen molar-refractivity contribution in [3.63, 3.8) is 0 Å². The molecule has 2 rings (SSSR count). The van der Waals surface area contributed by atoms with Crippen LogP contribution in [-0.2, 0) is 0 Å². The molecule has 2 aliphatic carbocycles. The Labute approximate surface area is 68.8 Å². The van der Waals surface area contributed by atoms with E-state index >= 15 is 0 Å². The van der Waals surface area contributed by atoms with Gasteiger partial charge in [0.25, 0.3) is 0 Å². The van der Waals surface area contributed by atoms with Crippen LogP contribution in [0.15, 0.2) is 0 Å². The van der Waals surface area contributed by atoms with Crippen LogP contribution in [0.2, 0.25) is 0 Å². The molecule has 0 aliphatic heterocycles. The highest BCUT2D eigenvalue weighted by atomic mass is 16.3. The van der Waals surface area contributed by atoms with Gasteiger partial charge in [0.1, 0.15) is 0 Å². The Balaban J connectivity index is 1.94. The van der Waals surface area contributed by atoms with Crippen molar-refractivity contribution in [1.29, 1.82) is 0 Å². The zero-order valence-electron chi connectivity index (χ0n) is 7.34. The van der Waals surface area contributed by atoms with Crippen LogP contribution in [0.4, 0.5) is 0 Å². The summed E-state index contributed by atoms with van der Waals surface area (Å²) in [4.78, 5) is 0. The summed E-state index contributed by atoms with van der Waals surface area (Å²) in [5.41, 5.74) is 0.756. The first kappa shape index (κ1) is 7.60. The van der Waals surface area contributed by atoms with Crippen LogP contribution in [0.25, 0.3) is 0 Å². The summed E-state index contributed by atoms with van der Waals surface area (Å²) in [5, 5.41) is 9.00. The van der Waals surface area contributed by atoms with E-state index in [1.807, 2.05) is 0 Å². The highest BCUT2D eigenvalue weighted by molar-refractivity contribution is 5.00. The van der Waals surface area contributed by atoms with E-state index in [0.717, 1.165) is 11.3 Å². The summed E-state index contributed by atoms with van der Waals surface area (Å²) in [6.45, 7) is 2.79. The lowest BCUT2D eigenvalue weighted by Crippen LogP contribution is -2.25. The molecule has 64 valence electrons. The number of rotatable bonds is 1. The van der Waals surface area contributed by atoms with Crippen LogP contribution in [0.3, 0.4) is 0 Å². The topological polar surface area (TPSA) is 20.2 Å². The van der Waals surface area contributed by atoms with Gasteiger partial charge in [0, 0.05) is 6.61 Å². The van der Waals surface area contributed by atoms with E-state index in [9.17, 15) is 0 Å². The molecule has 0 amide bonds. The van der Waals surface area contributed by atoms with Crippen LogP contribution in [0.1, 0.15) is 39.0 Å². The third-order valence-electron chi connectivity index (χ3n) is 3.93. The fraction of sp³-hybridized carbons (Fsp3) is 1.00. The first-order chi connectivity index (χ1) is 5.27. The molecule has 2 fully saturated rings. The lowest BCUT2D eigenvalue weighted by atomic mass is 9.73. The number of aliphatic hydroxyl groups is 1. The summed E-state index contributed by atoms with van der Waals surface area (Å²) in [6, 6.07) is 0. The highest BCUT2D eigenvalue weighted by Gasteiger charge is 2.49. The van der Waals surface area contributed by atoms with Crippen molar-refractivity contribution < 1.29 is 5.11 Å².